The van der Waals surface area contributed by atoms with Crippen LogP contribution in [0.25, 0.3) is 0 Å². The van der Waals surface area contributed by atoms with Crippen LogP contribution in [0, 0.1) is 11.7 Å². The van der Waals surface area contributed by atoms with E-state index in [0.717, 1.165) is 12.8 Å². The average molecular weight is 238 g/mol. The quantitative estimate of drug-likeness (QED) is 0.876. The molecule has 17 heavy (non-hydrogen) atoms. The summed E-state index contributed by atoms with van der Waals surface area (Å²) in [6.07, 6.45) is 3.28. The molecule has 0 saturated heterocycles. The Balaban J connectivity index is 2.34. The molecular formula is C14H19FO2. The van der Waals surface area contributed by atoms with E-state index in [1.54, 1.807) is 18.2 Å². The van der Waals surface area contributed by atoms with E-state index in [1.807, 2.05) is 0 Å². The summed E-state index contributed by atoms with van der Waals surface area (Å²) in [4.78, 5) is 0. The van der Waals surface area contributed by atoms with Gasteiger partial charge in [-0.1, -0.05) is 25.5 Å². The first-order chi connectivity index (χ1) is 8.10. The highest BCUT2D eigenvalue weighted by molar-refractivity contribution is 5.35. The molecule has 3 heteroatoms. The third kappa shape index (κ3) is 2.16. The molecule has 1 aromatic carbocycles. The first-order valence-electron chi connectivity index (χ1n) is 6.16. The van der Waals surface area contributed by atoms with Crippen molar-refractivity contribution in [1.82, 2.24) is 0 Å². The van der Waals surface area contributed by atoms with Gasteiger partial charge in [0.15, 0.2) is 11.6 Å². The van der Waals surface area contributed by atoms with E-state index in [4.69, 9.17) is 4.74 Å². The summed E-state index contributed by atoms with van der Waals surface area (Å²) in [7, 11) is 1.44. The van der Waals surface area contributed by atoms with E-state index in [1.165, 1.54) is 7.11 Å². The summed E-state index contributed by atoms with van der Waals surface area (Å²) in [5.74, 6) is 0.274. The summed E-state index contributed by atoms with van der Waals surface area (Å²) in [6, 6.07) is 4.97. The van der Waals surface area contributed by atoms with Gasteiger partial charge in [0, 0.05) is 5.56 Å². The predicted molar refractivity (Wildman–Crippen MR) is 64.5 cm³/mol. The molecule has 1 fully saturated rings. The van der Waals surface area contributed by atoms with Crippen LogP contribution in [0.1, 0.15) is 38.2 Å². The number of methoxy groups -OCH3 is 1. The van der Waals surface area contributed by atoms with Crippen molar-refractivity contribution in [2.45, 2.75) is 38.2 Å². The van der Waals surface area contributed by atoms with Crippen LogP contribution in [0.15, 0.2) is 18.2 Å². The first kappa shape index (κ1) is 12.4. The van der Waals surface area contributed by atoms with Crippen LogP contribution in [0.5, 0.6) is 5.75 Å². The lowest BCUT2D eigenvalue weighted by atomic mass is 9.90. The van der Waals surface area contributed by atoms with Gasteiger partial charge in [-0.3, -0.25) is 0 Å². The number of rotatable bonds is 3. The molecule has 0 amide bonds. The molecule has 2 unspecified atom stereocenters. The van der Waals surface area contributed by atoms with E-state index in [-0.39, 0.29) is 5.75 Å². The van der Waals surface area contributed by atoms with Gasteiger partial charge in [-0.15, -0.1) is 0 Å². The molecule has 1 aliphatic rings. The highest BCUT2D eigenvalue weighted by Crippen LogP contribution is 2.45. The lowest BCUT2D eigenvalue weighted by molar-refractivity contribution is 0.0357. The number of benzene rings is 1. The van der Waals surface area contributed by atoms with Gasteiger partial charge in [-0.25, -0.2) is 4.39 Å². The van der Waals surface area contributed by atoms with Crippen LogP contribution < -0.4 is 4.74 Å². The minimum Gasteiger partial charge on any atom is -0.494 e. The van der Waals surface area contributed by atoms with Crippen molar-refractivity contribution in [3.05, 3.63) is 29.6 Å². The van der Waals surface area contributed by atoms with Crippen LogP contribution in [-0.4, -0.2) is 12.2 Å². The van der Waals surface area contributed by atoms with Crippen LogP contribution in [0.4, 0.5) is 4.39 Å². The minimum absolute atomic E-state index is 0.205. The molecule has 0 aliphatic heterocycles. The van der Waals surface area contributed by atoms with Crippen molar-refractivity contribution in [1.29, 1.82) is 0 Å². The Morgan fingerprint density at radius 3 is 2.88 bits per heavy atom. The zero-order valence-corrected chi connectivity index (χ0v) is 10.4. The predicted octanol–water partition coefficient (Wildman–Crippen LogP) is 3.23. The monoisotopic (exact) mass is 238 g/mol. The standard InChI is InChI=1S/C14H19FO2/c1-3-10-7-8-14(16,9-10)11-5-4-6-12(17-2)13(11)15/h4-6,10,16H,3,7-9H2,1-2H3. The molecule has 1 aromatic rings. The van der Waals surface area contributed by atoms with Gasteiger partial charge >= 0.3 is 0 Å². The summed E-state index contributed by atoms with van der Waals surface area (Å²) in [5.41, 5.74) is -0.632. The Morgan fingerprint density at radius 1 is 1.53 bits per heavy atom. The van der Waals surface area contributed by atoms with Crippen molar-refractivity contribution < 1.29 is 14.2 Å². The lowest BCUT2D eigenvalue weighted by Gasteiger charge is -2.24. The Bertz CT molecular complexity index is 405. The number of halogens is 1. The van der Waals surface area contributed by atoms with Gasteiger partial charge in [0.25, 0.3) is 0 Å². The second-order valence-electron chi connectivity index (χ2n) is 4.87. The smallest absolute Gasteiger partial charge is 0.171 e. The SMILES string of the molecule is CCC1CCC(O)(c2cccc(OC)c2F)C1. The largest absolute Gasteiger partial charge is 0.494 e. The highest BCUT2D eigenvalue weighted by Gasteiger charge is 2.40. The zero-order valence-electron chi connectivity index (χ0n) is 10.4. The van der Waals surface area contributed by atoms with Crippen molar-refractivity contribution in [3.8, 4) is 5.75 Å². The number of aliphatic hydroxyl groups is 1. The fraction of sp³-hybridized carbons (Fsp3) is 0.571. The Labute approximate surface area is 101 Å². The molecule has 2 atom stereocenters. The summed E-state index contributed by atoms with van der Waals surface area (Å²) in [6.45, 7) is 2.11. The fourth-order valence-electron chi connectivity index (χ4n) is 2.75. The van der Waals surface area contributed by atoms with Gasteiger partial charge in [-0.05, 0) is 31.2 Å². The maximum absolute atomic E-state index is 14.1. The summed E-state index contributed by atoms with van der Waals surface area (Å²) < 4.78 is 19.1. The first-order valence-corrected chi connectivity index (χ1v) is 6.16. The Kier molecular flexibility index (Phi) is 3.38. The average Bonchev–Trinajstić information content (AvgIpc) is 2.72. The van der Waals surface area contributed by atoms with Crippen LogP contribution in [0.2, 0.25) is 0 Å². The van der Waals surface area contributed by atoms with Gasteiger partial charge in [0.1, 0.15) is 0 Å². The molecule has 94 valence electrons. The van der Waals surface area contributed by atoms with Crippen molar-refractivity contribution in [2.75, 3.05) is 7.11 Å². The summed E-state index contributed by atoms with van der Waals surface area (Å²) in [5, 5.41) is 10.6. The Morgan fingerprint density at radius 2 is 2.29 bits per heavy atom. The van der Waals surface area contributed by atoms with Gasteiger partial charge in [-0.2, -0.15) is 0 Å². The van der Waals surface area contributed by atoms with Gasteiger partial charge in [0.05, 0.1) is 12.7 Å². The molecule has 1 N–H and O–H groups in total. The molecular weight excluding hydrogens is 219 g/mol. The third-order valence-corrected chi connectivity index (χ3v) is 3.85. The van der Waals surface area contributed by atoms with E-state index in [2.05, 4.69) is 6.92 Å². The van der Waals surface area contributed by atoms with Crippen molar-refractivity contribution in [2.24, 2.45) is 5.92 Å². The Hall–Kier alpha value is -1.09. The highest BCUT2D eigenvalue weighted by atomic mass is 19.1. The maximum Gasteiger partial charge on any atom is 0.171 e. The minimum atomic E-state index is -1.01. The van der Waals surface area contributed by atoms with Crippen LogP contribution in [0.3, 0.4) is 0 Å². The van der Waals surface area contributed by atoms with Crippen LogP contribution >= 0.6 is 0 Å². The number of hydrogen-bond donors (Lipinski definition) is 1. The van der Waals surface area contributed by atoms with E-state index in [9.17, 15) is 9.50 Å². The molecule has 2 nitrogen and oxygen atoms in total. The summed E-state index contributed by atoms with van der Waals surface area (Å²) >= 11 is 0. The molecule has 0 bridgehead atoms. The van der Waals surface area contributed by atoms with Gasteiger partial charge in [0.2, 0.25) is 0 Å². The molecule has 0 aromatic heterocycles. The van der Waals surface area contributed by atoms with Gasteiger partial charge < -0.3 is 9.84 Å². The van der Waals surface area contributed by atoms with E-state index < -0.39 is 11.4 Å². The molecule has 1 saturated carbocycles. The lowest BCUT2D eigenvalue weighted by Crippen LogP contribution is -2.23. The second kappa shape index (κ2) is 4.65. The van der Waals surface area contributed by atoms with Crippen LogP contribution in [-0.2, 0) is 5.60 Å². The normalized spacial score (nSPS) is 28.4. The van der Waals surface area contributed by atoms with Crippen molar-refractivity contribution >= 4 is 0 Å². The molecule has 1 aliphatic carbocycles. The fourth-order valence-corrected chi connectivity index (χ4v) is 2.75. The zero-order chi connectivity index (χ0) is 12.5. The number of ether oxygens (including phenoxy) is 1. The maximum atomic E-state index is 14.1. The number of hydrogen-bond acceptors (Lipinski definition) is 2. The topological polar surface area (TPSA) is 29.5 Å². The molecule has 0 spiro atoms. The van der Waals surface area contributed by atoms with E-state index in [0.29, 0.717) is 24.3 Å². The molecule has 0 heterocycles. The van der Waals surface area contributed by atoms with Crippen molar-refractivity contribution in [3.63, 3.8) is 0 Å². The van der Waals surface area contributed by atoms with E-state index >= 15 is 0 Å². The second-order valence-corrected chi connectivity index (χ2v) is 4.87. The molecule has 0 radical (unpaired) electrons. The third-order valence-electron chi connectivity index (χ3n) is 3.85. The molecule has 2 rings (SSSR count).